The van der Waals surface area contributed by atoms with Crippen molar-refractivity contribution in [1.82, 2.24) is 10.3 Å². The van der Waals surface area contributed by atoms with Gasteiger partial charge in [-0.25, -0.2) is 0 Å². The van der Waals surface area contributed by atoms with Crippen LogP contribution in [0.25, 0.3) is 5.57 Å². The molecule has 4 nitrogen and oxygen atoms in total. The number of nitrogens with zero attached hydrogens (tertiary/aromatic N) is 1. The van der Waals surface area contributed by atoms with Crippen LogP contribution in [-0.4, -0.2) is 37.6 Å². The van der Waals surface area contributed by atoms with Crippen molar-refractivity contribution in [1.29, 1.82) is 0 Å². The second-order valence-corrected chi connectivity index (χ2v) is 14.9. The van der Waals surface area contributed by atoms with Gasteiger partial charge in [-0.1, -0.05) is 0 Å². The number of amides is 2. The molecule has 1 fully saturated rings. The Morgan fingerprint density at radius 1 is 1.08 bits per heavy atom. The number of hydrogen-bond acceptors (Lipinski definition) is 4. The summed E-state index contributed by atoms with van der Waals surface area (Å²) in [6.07, 6.45) is 2.69. The number of imide groups is 1. The number of nitrogens with one attached hydrogen (secondary N) is 1. The Balaban J connectivity index is 1.65. The normalized spacial score (nSPS) is 21.1. The molecule has 0 saturated carbocycles. The summed E-state index contributed by atoms with van der Waals surface area (Å²) in [4.78, 5) is 28.8. The van der Waals surface area contributed by atoms with E-state index in [1.54, 1.807) is 0 Å². The standard InChI is InChI=1S/C18H11N2O2S.In/c21-17-16(23-18(22)20-17)12-14(13-6-2-1-3-7-13)9-10-15-8-4-5-11-19-15;/h1-6,8,11H,10H2,(H,20,21,22);. The van der Waals surface area contributed by atoms with Gasteiger partial charge in [0.2, 0.25) is 0 Å². The molecule has 0 aliphatic carbocycles. The van der Waals surface area contributed by atoms with E-state index in [0.717, 1.165) is 23.9 Å². The van der Waals surface area contributed by atoms with Crippen molar-refractivity contribution in [2.24, 2.45) is 0 Å². The predicted octanol–water partition coefficient (Wildman–Crippen LogP) is 2.12. The number of thioether (sulfide) groups is 1. The summed E-state index contributed by atoms with van der Waals surface area (Å²) >= 11 is -1.31. The minimum absolute atomic E-state index is 0.219. The Morgan fingerprint density at radius 3 is 2.62 bits per heavy atom. The molecule has 6 rings (SSSR count). The molecule has 2 amide bonds. The van der Waals surface area contributed by atoms with Gasteiger partial charge in [-0.15, -0.1) is 0 Å². The Bertz CT molecular complexity index is 982. The summed E-state index contributed by atoms with van der Waals surface area (Å²) in [6.45, 7) is 0. The van der Waals surface area contributed by atoms with E-state index < -0.39 is 21.4 Å². The van der Waals surface area contributed by atoms with Crippen molar-refractivity contribution >= 4 is 53.2 Å². The molecular formula is C18H11InN2O2S. The molecule has 0 unspecified atom stereocenters. The number of allylic oxidation sites excluding steroid dienone is 3. The first-order valence-corrected chi connectivity index (χ1v) is 13.5. The maximum absolute atomic E-state index is 12.1. The maximum atomic E-state index is 12.1. The van der Waals surface area contributed by atoms with Crippen molar-refractivity contribution in [2.75, 3.05) is 0 Å². The summed E-state index contributed by atoms with van der Waals surface area (Å²) in [7, 11) is 0. The van der Waals surface area contributed by atoms with Crippen LogP contribution in [0.15, 0.2) is 60.2 Å². The summed E-state index contributed by atoms with van der Waals surface area (Å²) in [6, 6.07) is 14.5. The quantitative estimate of drug-likeness (QED) is 0.737. The molecule has 4 aliphatic rings. The summed E-state index contributed by atoms with van der Waals surface area (Å²) in [5.74, 6) is -0.219. The summed E-state index contributed by atoms with van der Waals surface area (Å²) < 4.78 is 4.17. The average Bonchev–Trinajstić information content (AvgIpc) is 3.20. The van der Waals surface area contributed by atoms with E-state index in [1.165, 1.54) is 21.1 Å². The zero-order valence-corrected chi connectivity index (χ0v) is 16.7. The first-order valence-electron chi connectivity index (χ1n) is 7.74. The third kappa shape index (κ3) is 1.99. The molecule has 1 N–H and O–H groups in total. The van der Waals surface area contributed by atoms with Crippen molar-refractivity contribution in [3.8, 4) is 0 Å². The number of aromatic nitrogens is 1. The molecule has 114 valence electrons. The van der Waals surface area contributed by atoms with Crippen molar-refractivity contribution in [3.05, 3.63) is 71.5 Å². The topological polar surface area (TPSA) is 59.1 Å². The Labute approximate surface area is 150 Å². The van der Waals surface area contributed by atoms with Crippen molar-refractivity contribution in [3.63, 3.8) is 0 Å². The number of pyridine rings is 1. The molecule has 1 saturated heterocycles. The molecule has 24 heavy (non-hydrogen) atoms. The molecule has 0 spiro atoms. The van der Waals surface area contributed by atoms with Gasteiger partial charge in [0, 0.05) is 0 Å². The average molecular weight is 434 g/mol. The van der Waals surface area contributed by atoms with Crippen LogP contribution in [0.5, 0.6) is 0 Å². The number of carbonyl (C=O) groups is 2. The molecule has 2 bridgehead atoms. The van der Waals surface area contributed by atoms with Gasteiger partial charge in [-0.2, -0.15) is 0 Å². The molecule has 4 aliphatic heterocycles. The van der Waals surface area contributed by atoms with E-state index in [0.29, 0.717) is 4.91 Å². The first-order chi connectivity index (χ1) is 11.7. The zero-order valence-electron chi connectivity index (χ0n) is 12.6. The minimum atomic E-state index is -2.38. The Hall–Kier alpha value is -1.79. The fourth-order valence-corrected chi connectivity index (χ4v) is 16.3. The first kappa shape index (κ1) is 14.5. The SMILES string of the molecule is O=C1NC(=O)/C(=[C]2\C3=[C](Cc4ccccn4)[In]2[c]2ccccc23)S1. The Morgan fingerprint density at radius 2 is 1.92 bits per heavy atom. The van der Waals surface area contributed by atoms with E-state index >= 15 is 0 Å². The fraction of sp³-hybridized carbons (Fsp3) is 0.0556. The third-order valence-corrected chi connectivity index (χ3v) is 16.1. The molecular weight excluding hydrogens is 423 g/mol. The van der Waals surface area contributed by atoms with Gasteiger partial charge < -0.3 is 0 Å². The van der Waals surface area contributed by atoms with Crippen LogP contribution in [0.2, 0.25) is 0 Å². The number of benzene rings is 1. The van der Waals surface area contributed by atoms with Crippen LogP contribution in [0, 0.1) is 0 Å². The van der Waals surface area contributed by atoms with Crippen LogP contribution >= 0.6 is 11.8 Å². The van der Waals surface area contributed by atoms with Crippen LogP contribution in [0.1, 0.15) is 11.3 Å². The van der Waals surface area contributed by atoms with Crippen LogP contribution in [0.3, 0.4) is 0 Å². The number of rotatable bonds is 2. The second-order valence-electron chi connectivity index (χ2n) is 6.00. The van der Waals surface area contributed by atoms with E-state index in [4.69, 9.17) is 0 Å². The summed E-state index contributed by atoms with van der Waals surface area (Å²) in [5.41, 5.74) is 3.58. The molecule has 1 aromatic heterocycles. The molecule has 5 heterocycles. The van der Waals surface area contributed by atoms with E-state index in [2.05, 4.69) is 34.6 Å². The van der Waals surface area contributed by atoms with Gasteiger partial charge in [-0.3, -0.25) is 0 Å². The van der Waals surface area contributed by atoms with E-state index in [-0.39, 0.29) is 11.1 Å². The summed E-state index contributed by atoms with van der Waals surface area (Å²) in [5, 5.41) is 2.15. The van der Waals surface area contributed by atoms with Gasteiger partial charge in [0.05, 0.1) is 0 Å². The number of hydrogen-bond donors (Lipinski definition) is 1. The second kappa shape index (κ2) is 5.36. The van der Waals surface area contributed by atoms with Crippen LogP contribution in [0.4, 0.5) is 4.79 Å². The van der Waals surface area contributed by atoms with Gasteiger partial charge in [-0.05, 0) is 0 Å². The number of carbonyl (C=O) groups excluding carboxylic acids is 2. The van der Waals surface area contributed by atoms with Gasteiger partial charge in [0.25, 0.3) is 0 Å². The van der Waals surface area contributed by atoms with Crippen LogP contribution < -0.4 is 8.64 Å². The predicted molar refractivity (Wildman–Crippen MR) is 94.8 cm³/mol. The van der Waals surface area contributed by atoms with E-state index in [9.17, 15) is 9.59 Å². The molecule has 2 aromatic rings. The van der Waals surface area contributed by atoms with Gasteiger partial charge >= 0.3 is 151 Å². The van der Waals surface area contributed by atoms with Crippen molar-refractivity contribution in [2.45, 2.75) is 6.42 Å². The monoisotopic (exact) mass is 434 g/mol. The molecule has 0 radical (unpaired) electrons. The zero-order chi connectivity index (χ0) is 16.3. The third-order valence-electron chi connectivity index (χ3n) is 4.73. The van der Waals surface area contributed by atoms with Gasteiger partial charge in [0.1, 0.15) is 0 Å². The molecule has 6 heteroatoms. The van der Waals surface area contributed by atoms with Gasteiger partial charge in [0.15, 0.2) is 0 Å². The van der Waals surface area contributed by atoms with E-state index in [1.807, 2.05) is 24.4 Å². The van der Waals surface area contributed by atoms with Crippen molar-refractivity contribution < 1.29 is 9.59 Å². The van der Waals surface area contributed by atoms with Crippen LogP contribution in [-0.2, 0) is 11.2 Å². The Kier molecular flexibility index (Phi) is 3.25. The molecule has 1 aromatic carbocycles. The fourth-order valence-electron chi connectivity index (χ4n) is 3.82. The molecule has 0 atom stereocenters.